The maximum Gasteiger partial charge on any atom is 0.416 e. The van der Waals surface area contributed by atoms with Gasteiger partial charge in [-0.1, -0.05) is 6.07 Å². The Bertz CT molecular complexity index is 391. The molecule has 0 atom stereocenters. The Morgan fingerprint density at radius 3 is 2.71 bits per heavy atom. The third-order valence-electron chi connectivity index (χ3n) is 1.95. The lowest BCUT2D eigenvalue weighted by molar-refractivity contribution is -0.137. The van der Waals surface area contributed by atoms with E-state index in [0.717, 1.165) is 12.1 Å². The van der Waals surface area contributed by atoms with E-state index in [1.54, 1.807) is 0 Å². The molecule has 0 saturated carbocycles. The summed E-state index contributed by atoms with van der Waals surface area (Å²) in [5, 5.41) is 0. The topological polar surface area (TPSA) is 26.3 Å². The van der Waals surface area contributed by atoms with E-state index in [9.17, 15) is 18.0 Å². The van der Waals surface area contributed by atoms with Crippen LogP contribution in [0.3, 0.4) is 0 Å². The van der Waals surface area contributed by atoms with Crippen LogP contribution in [0.15, 0.2) is 24.3 Å². The van der Waals surface area contributed by atoms with Crippen LogP contribution in [0.1, 0.15) is 15.9 Å². The number of carbonyl (C=O) groups excluding carboxylic acids is 1. The molecule has 0 N–H and O–H groups in total. The smallest absolute Gasteiger partial charge is 0.416 e. The summed E-state index contributed by atoms with van der Waals surface area (Å²) in [4.78, 5) is 11.4. The van der Waals surface area contributed by atoms with Crippen molar-refractivity contribution in [3.05, 3.63) is 35.4 Å². The molecule has 0 aromatic heterocycles. The molecule has 6 heteroatoms. The largest absolute Gasteiger partial charge is 0.461 e. The van der Waals surface area contributed by atoms with Gasteiger partial charge in [-0.05, 0) is 24.5 Å². The number of rotatable bonds is 4. The monoisotopic (exact) mass is 264 g/mol. The average Bonchev–Trinajstić information content (AvgIpc) is 2.28. The summed E-state index contributed by atoms with van der Waals surface area (Å²) < 4.78 is 42.0. The number of halogens is 3. The zero-order valence-corrected chi connectivity index (χ0v) is 9.90. The molecule has 0 radical (unpaired) electrons. The first-order chi connectivity index (χ1) is 7.95. The zero-order chi connectivity index (χ0) is 12.9. The molecule has 0 unspecified atom stereocenters. The van der Waals surface area contributed by atoms with Crippen LogP contribution >= 0.6 is 11.8 Å². The molecule has 0 bridgehead atoms. The Hall–Kier alpha value is -1.17. The fraction of sp³-hybridized carbons (Fsp3) is 0.364. The van der Waals surface area contributed by atoms with E-state index in [2.05, 4.69) is 0 Å². The lowest BCUT2D eigenvalue weighted by Gasteiger charge is -2.08. The van der Waals surface area contributed by atoms with E-state index < -0.39 is 17.7 Å². The zero-order valence-electron chi connectivity index (χ0n) is 9.08. The first-order valence-corrected chi connectivity index (χ1v) is 6.18. The number of hydrogen-bond acceptors (Lipinski definition) is 3. The fourth-order valence-electron chi connectivity index (χ4n) is 1.12. The highest BCUT2D eigenvalue weighted by Crippen LogP contribution is 2.29. The van der Waals surface area contributed by atoms with Crippen LogP contribution in [0.4, 0.5) is 13.2 Å². The highest BCUT2D eigenvalue weighted by Gasteiger charge is 2.30. The molecular formula is C11H11F3O2S. The Morgan fingerprint density at radius 2 is 2.12 bits per heavy atom. The number of thioether (sulfide) groups is 1. The number of esters is 1. The van der Waals surface area contributed by atoms with Crippen molar-refractivity contribution >= 4 is 17.7 Å². The number of benzene rings is 1. The molecule has 0 aliphatic carbocycles. The van der Waals surface area contributed by atoms with E-state index in [1.165, 1.54) is 23.9 Å². The van der Waals surface area contributed by atoms with Crippen molar-refractivity contribution in [3.63, 3.8) is 0 Å². The molecule has 0 heterocycles. The summed E-state index contributed by atoms with van der Waals surface area (Å²) in [6, 6.07) is 4.20. The van der Waals surface area contributed by atoms with Crippen molar-refractivity contribution in [3.8, 4) is 0 Å². The predicted molar refractivity (Wildman–Crippen MR) is 60.1 cm³/mol. The third-order valence-corrected chi connectivity index (χ3v) is 2.52. The van der Waals surface area contributed by atoms with Gasteiger partial charge in [-0.15, -0.1) is 0 Å². The van der Waals surface area contributed by atoms with Crippen LogP contribution in [-0.4, -0.2) is 24.6 Å². The normalized spacial score (nSPS) is 11.3. The molecule has 0 aliphatic rings. The molecule has 94 valence electrons. The quantitative estimate of drug-likeness (QED) is 0.617. The maximum atomic E-state index is 12.4. The SMILES string of the molecule is CSCCOC(=O)c1cccc(C(F)(F)F)c1. The highest BCUT2D eigenvalue weighted by molar-refractivity contribution is 7.98. The second kappa shape index (κ2) is 5.95. The van der Waals surface area contributed by atoms with Gasteiger partial charge in [0, 0.05) is 5.75 Å². The van der Waals surface area contributed by atoms with Gasteiger partial charge in [-0.25, -0.2) is 4.79 Å². The Labute approximate surface area is 101 Å². The molecule has 0 aliphatic heterocycles. The molecular weight excluding hydrogens is 253 g/mol. The molecule has 0 fully saturated rings. The summed E-state index contributed by atoms with van der Waals surface area (Å²) in [7, 11) is 0. The van der Waals surface area contributed by atoms with Crippen LogP contribution in [-0.2, 0) is 10.9 Å². The summed E-state index contributed by atoms with van der Waals surface area (Å²) in [6.07, 6.45) is -2.60. The van der Waals surface area contributed by atoms with Gasteiger partial charge >= 0.3 is 12.1 Å². The molecule has 1 aromatic carbocycles. The van der Waals surface area contributed by atoms with Gasteiger partial charge in [-0.2, -0.15) is 24.9 Å². The maximum absolute atomic E-state index is 12.4. The Morgan fingerprint density at radius 1 is 1.41 bits per heavy atom. The van der Waals surface area contributed by atoms with Gasteiger partial charge in [-0.3, -0.25) is 0 Å². The van der Waals surface area contributed by atoms with E-state index >= 15 is 0 Å². The van der Waals surface area contributed by atoms with E-state index in [4.69, 9.17) is 4.74 Å². The standard InChI is InChI=1S/C11H11F3O2S/c1-17-6-5-16-10(15)8-3-2-4-9(7-8)11(12,13)14/h2-4,7H,5-6H2,1H3. The van der Waals surface area contributed by atoms with Crippen molar-refractivity contribution in [1.82, 2.24) is 0 Å². The Kier molecular flexibility index (Phi) is 4.86. The number of carbonyl (C=O) groups is 1. The van der Waals surface area contributed by atoms with E-state index in [1.807, 2.05) is 6.26 Å². The summed E-state index contributed by atoms with van der Waals surface area (Å²) in [6.45, 7) is 0.191. The van der Waals surface area contributed by atoms with Crippen molar-refractivity contribution < 1.29 is 22.7 Å². The van der Waals surface area contributed by atoms with Gasteiger partial charge in [0.25, 0.3) is 0 Å². The van der Waals surface area contributed by atoms with Gasteiger partial charge in [0.05, 0.1) is 11.1 Å². The van der Waals surface area contributed by atoms with Gasteiger partial charge in [0.2, 0.25) is 0 Å². The highest BCUT2D eigenvalue weighted by atomic mass is 32.2. The van der Waals surface area contributed by atoms with Crippen molar-refractivity contribution in [2.24, 2.45) is 0 Å². The van der Waals surface area contributed by atoms with E-state index in [-0.39, 0.29) is 12.2 Å². The van der Waals surface area contributed by atoms with Crippen LogP contribution < -0.4 is 0 Å². The fourth-order valence-corrected chi connectivity index (χ4v) is 1.37. The minimum Gasteiger partial charge on any atom is -0.461 e. The second-order valence-corrected chi connectivity index (χ2v) is 4.19. The number of ether oxygens (including phenoxy) is 1. The molecule has 1 rings (SSSR count). The van der Waals surface area contributed by atoms with Gasteiger partial charge in [0.1, 0.15) is 6.61 Å². The first-order valence-electron chi connectivity index (χ1n) is 4.78. The minimum atomic E-state index is -4.45. The summed E-state index contributed by atoms with van der Waals surface area (Å²) in [5.41, 5.74) is -0.933. The molecule has 17 heavy (non-hydrogen) atoms. The van der Waals surface area contributed by atoms with Crippen LogP contribution in [0.5, 0.6) is 0 Å². The van der Waals surface area contributed by atoms with Crippen LogP contribution in [0, 0.1) is 0 Å². The number of alkyl halides is 3. The Balaban J connectivity index is 2.74. The lowest BCUT2D eigenvalue weighted by Crippen LogP contribution is -2.10. The first kappa shape index (κ1) is 13.9. The summed E-state index contributed by atoms with van der Waals surface area (Å²) >= 11 is 1.49. The second-order valence-electron chi connectivity index (χ2n) is 3.21. The summed E-state index contributed by atoms with van der Waals surface area (Å²) in [5.74, 6) is -0.116. The van der Waals surface area contributed by atoms with E-state index in [0.29, 0.717) is 5.75 Å². The molecule has 0 amide bonds. The van der Waals surface area contributed by atoms with Crippen LogP contribution in [0.25, 0.3) is 0 Å². The van der Waals surface area contributed by atoms with Crippen molar-refractivity contribution in [2.45, 2.75) is 6.18 Å². The third kappa shape index (κ3) is 4.30. The number of hydrogen-bond donors (Lipinski definition) is 0. The molecule has 0 saturated heterocycles. The van der Waals surface area contributed by atoms with Crippen LogP contribution in [0.2, 0.25) is 0 Å². The van der Waals surface area contributed by atoms with Crippen molar-refractivity contribution in [1.29, 1.82) is 0 Å². The van der Waals surface area contributed by atoms with Crippen molar-refractivity contribution in [2.75, 3.05) is 18.6 Å². The minimum absolute atomic E-state index is 0.0825. The predicted octanol–water partition coefficient (Wildman–Crippen LogP) is 3.23. The van der Waals surface area contributed by atoms with Gasteiger partial charge in [0.15, 0.2) is 0 Å². The lowest BCUT2D eigenvalue weighted by atomic mass is 10.1. The average molecular weight is 264 g/mol. The molecule has 2 nitrogen and oxygen atoms in total. The molecule has 1 aromatic rings. The molecule has 0 spiro atoms. The van der Waals surface area contributed by atoms with Gasteiger partial charge < -0.3 is 4.74 Å².